The fraction of sp³-hybridized carbons (Fsp3) is 0.562. The van der Waals surface area contributed by atoms with Crippen molar-refractivity contribution >= 4 is 21.8 Å². The summed E-state index contributed by atoms with van der Waals surface area (Å²) in [6.45, 7) is 6.36. The van der Waals surface area contributed by atoms with Gasteiger partial charge in [0.15, 0.2) is 11.5 Å². The fourth-order valence-electron chi connectivity index (χ4n) is 2.54. The van der Waals surface area contributed by atoms with E-state index in [4.69, 9.17) is 15.2 Å². The molecule has 1 unspecified atom stereocenters. The van der Waals surface area contributed by atoms with Crippen molar-refractivity contribution in [1.29, 1.82) is 0 Å². The van der Waals surface area contributed by atoms with Crippen LogP contribution < -0.4 is 15.2 Å². The molecule has 5 nitrogen and oxygen atoms in total. The third-order valence-corrected chi connectivity index (χ3v) is 4.37. The quantitative estimate of drug-likeness (QED) is 0.834. The van der Waals surface area contributed by atoms with Crippen LogP contribution in [0.2, 0.25) is 0 Å². The van der Waals surface area contributed by atoms with Gasteiger partial charge in [-0.1, -0.05) is 15.9 Å². The van der Waals surface area contributed by atoms with Crippen molar-refractivity contribution in [2.24, 2.45) is 5.73 Å². The molecule has 1 aromatic carbocycles. The number of ether oxygens (including phenoxy) is 2. The molecule has 0 radical (unpaired) electrons. The maximum atomic E-state index is 12.4. The second-order valence-electron chi connectivity index (χ2n) is 5.32. The molecule has 2 N–H and O–H groups in total. The van der Waals surface area contributed by atoms with Crippen LogP contribution in [0, 0.1) is 0 Å². The molecule has 0 aliphatic carbocycles. The monoisotopic (exact) mass is 370 g/mol. The van der Waals surface area contributed by atoms with Crippen LogP contribution in [0.15, 0.2) is 16.6 Å². The topological polar surface area (TPSA) is 64.8 Å². The number of hydrogen-bond acceptors (Lipinski definition) is 4. The van der Waals surface area contributed by atoms with E-state index in [1.54, 1.807) is 0 Å². The first-order valence-corrected chi connectivity index (χ1v) is 8.45. The lowest BCUT2D eigenvalue weighted by atomic mass is 10.1. The van der Waals surface area contributed by atoms with E-state index in [-0.39, 0.29) is 11.9 Å². The van der Waals surface area contributed by atoms with E-state index in [2.05, 4.69) is 15.9 Å². The lowest BCUT2D eigenvalue weighted by molar-refractivity contribution is -0.129. The Hall–Kier alpha value is -1.27. The molecular formula is C16H23BrN2O3. The summed E-state index contributed by atoms with van der Waals surface area (Å²) in [4.78, 5) is 14.2. The molecule has 2 rings (SSSR count). The molecule has 22 heavy (non-hydrogen) atoms. The molecule has 1 saturated heterocycles. The Balaban J connectivity index is 2.16. The summed E-state index contributed by atoms with van der Waals surface area (Å²) in [5, 5.41) is 0. The second-order valence-corrected chi connectivity index (χ2v) is 6.18. The van der Waals surface area contributed by atoms with E-state index in [0.717, 1.165) is 23.0 Å². The molecule has 1 aliphatic heterocycles. The molecule has 0 spiro atoms. The minimum atomic E-state index is 0.0975. The highest BCUT2D eigenvalue weighted by Crippen LogP contribution is 2.34. The highest BCUT2D eigenvalue weighted by molar-refractivity contribution is 9.10. The molecule has 0 saturated carbocycles. The molecule has 0 bridgehead atoms. The Kier molecular flexibility index (Phi) is 6.08. The zero-order valence-electron chi connectivity index (χ0n) is 13.1. The smallest absolute Gasteiger partial charge is 0.227 e. The van der Waals surface area contributed by atoms with E-state index in [0.29, 0.717) is 37.7 Å². The van der Waals surface area contributed by atoms with E-state index in [1.165, 1.54) is 0 Å². The van der Waals surface area contributed by atoms with Gasteiger partial charge < -0.3 is 20.1 Å². The number of amides is 1. The Morgan fingerprint density at radius 3 is 2.50 bits per heavy atom. The Labute approximate surface area is 139 Å². The fourth-order valence-corrected chi connectivity index (χ4v) is 3.00. The standard InChI is InChI=1S/C16H23BrN2O3/c1-3-21-14-7-11(13(17)9-15(14)22-4-2)8-16(20)19-6-5-12(18)10-19/h7,9,12H,3-6,8,10,18H2,1-2H3. The number of hydrogen-bond donors (Lipinski definition) is 1. The van der Waals surface area contributed by atoms with Gasteiger partial charge in [0.05, 0.1) is 19.6 Å². The SMILES string of the molecule is CCOc1cc(Br)c(CC(=O)N2CCC(N)C2)cc1OCC. The van der Waals surface area contributed by atoms with Gasteiger partial charge in [-0.2, -0.15) is 0 Å². The van der Waals surface area contributed by atoms with Crippen LogP contribution in [0.4, 0.5) is 0 Å². The van der Waals surface area contributed by atoms with E-state index in [1.807, 2.05) is 30.9 Å². The van der Waals surface area contributed by atoms with Crippen molar-refractivity contribution in [3.8, 4) is 11.5 Å². The molecule has 1 atom stereocenters. The highest BCUT2D eigenvalue weighted by Gasteiger charge is 2.24. The molecular weight excluding hydrogens is 348 g/mol. The number of carbonyl (C=O) groups is 1. The maximum Gasteiger partial charge on any atom is 0.227 e. The maximum absolute atomic E-state index is 12.4. The number of halogens is 1. The zero-order valence-corrected chi connectivity index (χ0v) is 14.7. The van der Waals surface area contributed by atoms with E-state index >= 15 is 0 Å². The lowest BCUT2D eigenvalue weighted by Gasteiger charge is -2.18. The predicted molar refractivity (Wildman–Crippen MR) is 89.4 cm³/mol. The molecule has 0 aromatic heterocycles. The molecule has 1 aromatic rings. The number of benzene rings is 1. The van der Waals surface area contributed by atoms with Gasteiger partial charge in [0.2, 0.25) is 5.91 Å². The third kappa shape index (κ3) is 4.14. The summed E-state index contributed by atoms with van der Waals surface area (Å²) in [6, 6.07) is 3.85. The second kappa shape index (κ2) is 7.83. The van der Waals surface area contributed by atoms with Crippen LogP contribution >= 0.6 is 15.9 Å². The number of nitrogens with two attached hydrogens (primary N) is 1. The highest BCUT2D eigenvalue weighted by atomic mass is 79.9. The van der Waals surface area contributed by atoms with Gasteiger partial charge in [-0.15, -0.1) is 0 Å². The largest absolute Gasteiger partial charge is 0.490 e. The number of carbonyl (C=O) groups excluding carboxylic acids is 1. The van der Waals surface area contributed by atoms with Gasteiger partial charge in [-0.05, 0) is 38.0 Å². The summed E-state index contributed by atoms with van der Waals surface area (Å²) in [6.07, 6.45) is 1.21. The van der Waals surface area contributed by atoms with Crippen LogP contribution in [-0.4, -0.2) is 43.2 Å². The zero-order chi connectivity index (χ0) is 16.1. The van der Waals surface area contributed by atoms with Crippen LogP contribution in [0.5, 0.6) is 11.5 Å². The lowest BCUT2D eigenvalue weighted by Crippen LogP contribution is -2.33. The first-order valence-electron chi connectivity index (χ1n) is 7.66. The van der Waals surface area contributed by atoms with Crippen LogP contribution in [0.3, 0.4) is 0 Å². The van der Waals surface area contributed by atoms with Gasteiger partial charge in [-0.25, -0.2) is 0 Å². The molecule has 1 amide bonds. The summed E-state index contributed by atoms with van der Waals surface area (Å²) >= 11 is 3.52. The number of rotatable bonds is 6. The van der Waals surface area contributed by atoms with Gasteiger partial charge in [-0.3, -0.25) is 4.79 Å². The van der Waals surface area contributed by atoms with E-state index in [9.17, 15) is 4.79 Å². The molecule has 1 heterocycles. The minimum Gasteiger partial charge on any atom is -0.490 e. The Bertz CT molecular complexity index is 536. The summed E-state index contributed by atoms with van der Waals surface area (Å²) in [5.74, 6) is 1.46. The Morgan fingerprint density at radius 1 is 1.32 bits per heavy atom. The average molecular weight is 371 g/mol. The van der Waals surface area contributed by atoms with Crippen molar-refractivity contribution in [2.75, 3.05) is 26.3 Å². The summed E-state index contributed by atoms with van der Waals surface area (Å²) in [5.41, 5.74) is 6.76. The van der Waals surface area contributed by atoms with Crippen LogP contribution in [-0.2, 0) is 11.2 Å². The normalized spacial score (nSPS) is 17.6. The van der Waals surface area contributed by atoms with Gasteiger partial charge in [0.1, 0.15) is 0 Å². The van der Waals surface area contributed by atoms with Gasteiger partial charge in [0, 0.05) is 23.6 Å². The Morgan fingerprint density at radius 2 is 1.95 bits per heavy atom. The van der Waals surface area contributed by atoms with Crippen molar-refractivity contribution in [3.63, 3.8) is 0 Å². The van der Waals surface area contributed by atoms with Gasteiger partial charge >= 0.3 is 0 Å². The number of nitrogens with zero attached hydrogens (tertiary/aromatic N) is 1. The van der Waals surface area contributed by atoms with Crippen molar-refractivity contribution in [2.45, 2.75) is 32.7 Å². The summed E-state index contributed by atoms with van der Waals surface area (Å²) < 4.78 is 12.1. The van der Waals surface area contributed by atoms with Crippen molar-refractivity contribution < 1.29 is 14.3 Å². The molecule has 122 valence electrons. The van der Waals surface area contributed by atoms with Gasteiger partial charge in [0.25, 0.3) is 0 Å². The summed E-state index contributed by atoms with van der Waals surface area (Å²) in [7, 11) is 0. The third-order valence-electron chi connectivity index (χ3n) is 3.63. The molecule has 1 aliphatic rings. The minimum absolute atomic E-state index is 0.0975. The van der Waals surface area contributed by atoms with Crippen molar-refractivity contribution in [3.05, 3.63) is 22.2 Å². The molecule has 6 heteroatoms. The van der Waals surface area contributed by atoms with E-state index < -0.39 is 0 Å². The first-order chi connectivity index (χ1) is 10.5. The number of likely N-dealkylation sites (tertiary alicyclic amines) is 1. The van der Waals surface area contributed by atoms with Crippen LogP contribution in [0.1, 0.15) is 25.8 Å². The predicted octanol–water partition coefficient (Wildman–Crippen LogP) is 2.35. The van der Waals surface area contributed by atoms with Crippen molar-refractivity contribution in [1.82, 2.24) is 4.90 Å². The van der Waals surface area contributed by atoms with Crippen LogP contribution in [0.25, 0.3) is 0 Å². The first kappa shape index (κ1) is 17.1. The average Bonchev–Trinajstić information content (AvgIpc) is 2.91. The molecule has 1 fully saturated rings.